The molecule has 2 aromatic carbocycles. The molecule has 144 valence electrons. The largest absolute Gasteiger partial charge is 0.497 e. The Balaban J connectivity index is 1.91. The van der Waals surface area contributed by atoms with Crippen LogP contribution in [0.4, 0.5) is 0 Å². The van der Waals surface area contributed by atoms with Gasteiger partial charge in [0.2, 0.25) is 0 Å². The summed E-state index contributed by atoms with van der Waals surface area (Å²) in [6.45, 7) is 5.66. The molecule has 0 spiro atoms. The first-order chi connectivity index (χ1) is 13.0. The monoisotopic (exact) mass is 368 g/mol. The minimum absolute atomic E-state index is 0.328. The van der Waals surface area contributed by atoms with E-state index in [0.29, 0.717) is 12.5 Å². The normalized spacial score (nSPS) is 16.4. The van der Waals surface area contributed by atoms with Crippen molar-refractivity contribution in [3.05, 3.63) is 59.2 Å². The second kappa shape index (κ2) is 8.03. The van der Waals surface area contributed by atoms with Gasteiger partial charge in [0.15, 0.2) is 5.60 Å². The molecule has 0 saturated heterocycles. The number of hydrogen-bond acceptors (Lipinski definition) is 4. The van der Waals surface area contributed by atoms with Gasteiger partial charge in [-0.1, -0.05) is 24.3 Å². The van der Waals surface area contributed by atoms with E-state index in [0.717, 1.165) is 30.8 Å². The summed E-state index contributed by atoms with van der Waals surface area (Å²) in [4.78, 5) is 12.2. The number of methoxy groups -OCH3 is 1. The van der Waals surface area contributed by atoms with Crippen LogP contribution in [-0.2, 0) is 16.0 Å². The molecule has 0 aromatic heterocycles. The van der Waals surface area contributed by atoms with Crippen LogP contribution in [0.25, 0.3) is 0 Å². The zero-order chi connectivity index (χ0) is 19.4. The third-order valence-corrected chi connectivity index (χ3v) is 5.11. The molecule has 1 atom stereocenters. The molecule has 2 aromatic rings. The molecular formula is C23H28O4. The van der Waals surface area contributed by atoms with E-state index in [2.05, 4.69) is 18.2 Å². The number of rotatable bonds is 6. The van der Waals surface area contributed by atoms with Crippen molar-refractivity contribution in [2.75, 3.05) is 13.7 Å². The van der Waals surface area contributed by atoms with Gasteiger partial charge in [-0.15, -0.1) is 0 Å². The molecule has 1 unspecified atom stereocenters. The first-order valence-electron chi connectivity index (χ1n) is 9.58. The molecule has 1 aliphatic carbocycles. The smallest absolute Gasteiger partial charge is 0.349 e. The Morgan fingerprint density at radius 2 is 1.89 bits per heavy atom. The summed E-state index contributed by atoms with van der Waals surface area (Å²) in [6, 6.07) is 14.4. The molecule has 0 N–H and O–H groups in total. The number of hydrogen-bond donors (Lipinski definition) is 0. The van der Waals surface area contributed by atoms with Crippen LogP contribution in [0.2, 0.25) is 0 Å². The maximum atomic E-state index is 12.2. The van der Waals surface area contributed by atoms with Crippen LogP contribution >= 0.6 is 0 Å². The van der Waals surface area contributed by atoms with E-state index >= 15 is 0 Å². The van der Waals surface area contributed by atoms with Crippen LogP contribution in [0.3, 0.4) is 0 Å². The molecule has 0 amide bonds. The Kier molecular flexibility index (Phi) is 5.73. The van der Waals surface area contributed by atoms with Crippen molar-refractivity contribution in [3.8, 4) is 11.5 Å². The van der Waals surface area contributed by atoms with Crippen molar-refractivity contribution in [2.45, 2.75) is 51.6 Å². The SMILES string of the molecule is CCOC(=O)C(C)(C)Oc1cccc2c1CCCC2c1ccc(OC)cc1. The lowest BCUT2D eigenvalue weighted by atomic mass is 9.78. The highest BCUT2D eigenvalue weighted by molar-refractivity contribution is 5.79. The number of fused-ring (bicyclic) bond motifs is 1. The molecule has 0 radical (unpaired) electrons. The summed E-state index contributed by atoms with van der Waals surface area (Å²) >= 11 is 0. The van der Waals surface area contributed by atoms with Crippen molar-refractivity contribution in [1.29, 1.82) is 0 Å². The van der Waals surface area contributed by atoms with E-state index in [4.69, 9.17) is 14.2 Å². The van der Waals surface area contributed by atoms with Gasteiger partial charge in [0.05, 0.1) is 13.7 Å². The number of benzene rings is 2. The number of carbonyl (C=O) groups is 1. The van der Waals surface area contributed by atoms with E-state index in [1.54, 1.807) is 27.9 Å². The van der Waals surface area contributed by atoms with Gasteiger partial charge in [0.25, 0.3) is 0 Å². The molecule has 0 fully saturated rings. The Morgan fingerprint density at radius 1 is 1.15 bits per heavy atom. The minimum Gasteiger partial charge on any atom is -0.497 e. The number of esters is 1. The summed E-state index contributed by atoms with van der Waals surface area (Å²) in [5.74, 6) is 1.63. The molecule has 4 heteroatoms. The van der Waals surface area contributed by atoms with E-state index < -0.39 is 5.60 Å². The number of carbonyl (C=O) groups excluding carboxylic acids is 1. The molecule has 4 nitrogen and oxygen atoms in total. The maximum Gasteiger partial charge on any atom is 0.349 e. The second-order valence-electron chi connectivity index (χ2n) is 7.37. The Bertz CT molecular complexity index is 793. The summed E-state index contributed by atoms with van der Waals surface area (Å²) in [7, 11) is 1.68. The molecule has 0 aliphatic heterocycles. The molecule has 0 saturated carbocycles. The highest BCUT2D eigenvalue weighted by atomic mass is 16.6. The highest BCUT2D eigenvalue weighted by Gasteiger charge is 2.33. The average molecular weight is 368 g/mol. The van der Waals surface area contributed by atoms with Gasteiger partial charge in [0, 0.05) is 5.92 Å². The first-order valence-corrected chi connectivity index (χ1v) is 9.58. The van der Waals surface area contributed by atoms with Gasteiger partial charge >= 0.3 is 5.97 Å². The van der Waals surface area contributed by atoms with Crippen LogP contribution in [-0.4, -0.2) is 25.3 Å². The highest BCUT2D eigenvalue weighted by Crippen LogP contribution is 2.41. The van der Waals surface area contributed by atoms with Gasteiger partial charge < -0.3 is 14.2 Å². The molecule has 27 heavy (non-hydrogen) atoms. The molecule has 3 rings (SSSR count). The third-order valence-electron chi connectivity index (χ3n) is 5.11. The van der Waals surface area contributed by atoms with Crippen molar-refractivity contribution >= 4 is 5.97 Å². The molecular weight excluding hydrogens is 340 g/mol. The predicted molar refractivity (Wildman–Crippen MR) is 106 cm³/mol. The van der Waals surface area contributed by atoms with E-state index in [1.807, 2.05) is 24.3 Å². The maximum absolute atomic E-state index is 12.2. The minimum atomic E-state index is -1.02. The van der Waals surface area contributed by atoms with E-state index in [-0.39, 0.29) is 5.97 Å². The van der Waals surface area contributed by atoms with Crippen molar-refractivity contribution in [1.82, 2.24) is 0 Å². The summed E-state index contributed by atoms with van der Waals surface area (Å²) in [6.07, 6.45) is 3.14. The first kappa shape index (κ1) is 19.3. The Hall–Kier alpha value is -2.49. The fourth-order valence-electron chi connectivity index (χ4n) is 3.71. The van der Waals surface area contributed by atoms with Crippen molar-refractivity contribution in [2.24, 2.45) is 0 Å². The zero-order valence-corrected chi connectivity index (χ0v) is 16.6. The standard InChI is InChI=1S/C23H28O4/c1-5-26-22(24)23(2,3)27-21-11-7-9-19-18(8-6-10-20(19)21)16-12-14-17(25-4)15-13-16/h7,9,11-15,18H,5-6,8,10H2,1-4H3. The van der Waals surface area contributed by atoms with Gasteiger partial charge in [0.1, 0.15) is 11.5 Å². The van der Waals surface area contributed by atoms with Crippen LogP contribution in [0.5, 0.6) is 11.5 Å². The Morgan fingerprint density at radius 3 is 2.56 bits per heavy atom. The quantitative estimate of drug-likeness (QED) is 0.682. The zero-order valence-electron chi connectivity index (χ0n) is 16.6. The lowest BCUT2D eigenvalue weighted by molar-refractivity contribution is -0.158. The van der Waals surface area contributed by atoms with Crippen LogP contribution in [0, 0.1) is 0 Å². The molecule has 0 bridgehead atoms. The predicted octanol–water partition coefficient (Wildman–Crippen LogP) is 4.88. The van der Waals surface area contributed by atoms with Crippen LogP contribution < -0.4 is 9.47 Å². The lowest BCUT2D eigenvalue weighted by Crippen LogP contribution is -2.40. The van der Waals surface area contributed by atoms with Gasteiger partial charge in [-0.3, -0.25) is 0 Å². The third kappa shape index (κ3) is 4.10. The number of ether oxygens (including phenoxy) is 3. The second-order valence-corrected chi connectivity index (χ2v) is 7.37. The Labute approximate surface area is 161 Å². The van der Waals surface area contributed by atoms with Crippen LogP contribution in [0.15, 0.2) is 42.5 Å². The van der Waals surface area contributed by atoms with Gasteiger partial charge in [-0.2, -0.15) is 0 Å². The van der Waals surface area contributed by atoms with Gasteiger partial charge in [-0.05, 0) is 74.9 Å². The molecule has 1 aliphatic rings. The van der Waals surface area contributed by atoms with Crippen LogP contribution in [0.1, 0.15) is 56.2 Å². The summed E-state index contributed by atoms with van der Waals surface area (Å²) in [5.41, 5.74) is 2.74. The van der Waals surface area contributed by atoms with E-state index in [9.17, 15) is 4.79 Å². The van der Waals surface area contributed by atoms with Crippen molar-refractivity contribution < 1.29 is 19.0 Å². The average Bonchev–Trinajstić information content (AvgIpc) is 2.68. The van der Waals surface area contributed by atoms with Crippen molar-refractivity contribution in [3.63, 3.8) is 0 Å². The van der Waals surface area contributed by atoms with E-state index in [1.165, 1.54) is 16.7 Å². The summed E-state index contributed by atoms with van der Waals surface area (Å²) in [5, 5.41) is 0. The molecule has 0 heterocycles. The lowest BCUT2D eigenvalue weighted by Gasteiger charge is -2.31. The fraction of sp³-hybridized carbons (Fsp3) is 0.435. The fourth-order valence-corrected chi connectivity index (χ4v) is 3.71. The topological polar surface area (TPSA) is 44.8 Å². The van der Waals surface area contributed by atoms with Gasteiger partial charge in [-0.25, -0.2) is 4.79 Å². The summed E-state index contributed by atoms with van der Waals surface area (Å²) < 4.78 is 16.6.